The highest BCUT2D eigenvalue weighted by atomic mass is 16.5. The van der Waals surface area contributed by atoms with Crippen LogP contribution < -0.4 is 10.6 Å². The first-order chi connectivity index (χ1) is 8.70. The van der Waals surface area contributed by atoms with Gasteiger partial charge in [0.15, 0.2) is 0 Å². The van der Waals surface area contributed by atoms with Gasteiger partial charge in [-0.3, -0.25) is 0 Å². The molecule has 0 bridgehead atoms. The number of methoxy groups -OCH3 is 1. The largest absolute Gasteiger partial charge is 0.391 e. The summed E-state index contributed by atoms with van der Waals surface area (Å²) in [5, 5.41) is 15.3. The van der Waals surface area contributed by atoms with Gasteiger partial charge in [0.05, 0.1) is 12.7 Å². The zero-order valence-corrected chi connectivity index (χ0v) is 11.0. The number of hydrogen-bond donors (Lipinski definition) is 3. The molecule has 2 saturated carbocycles. The number of urea groups is 1. The molecule has 5 heteroatoms. The van der Waals surface area contributed by atoms with Gasteiger partial charge >= 0.3 is 6.03 Å². The Balaban J connectivity index is 1.59. The molecule has 2 rings (SSSR count). The lowest BCUT2D eigenvalue weighted by Gasteiger charge is -2.18. The molecule has 2 amide bonds. The van der Waals surface area contributed by atoms with Crippen LogP contribution in [0.3, 0.4) is 0 Å². The van der Waals surface area contributed by atoms with E-state index in [-0.39, 0.29) is 6.03 Å². The minimum Gasteiger partial charge on any atom is -0.391 e. The molecule has 0 spiro atoms. The standard InChI is InChI=1S/C13H24N2O3/c1-18-8-11(16)6-7-14-13(17)15-12(9-2-3-9)10-4-5-10/h9-12,16H,2-8H2,1H3,(H2,14,15,17). The lowest BCUT2D eigenvalue weighted by molar-refractivity contribution is 0.0598. The predicted molar refractivity (Wildman–Crippen MR) is 68.3 cm³/mol. The average molecular weight is 256 g/mol. The van der Waals surface area contributed by atoms with Gasteiger partial charge in [0, 0.05) is 19.7 Å². The Hall–Kier alpha value is -0.810. The molecule has 18 heavy (non-hydrogen) atoms. The maximum Gasteiger partial charge on any atom is 0.315 e. The highest BCUT2D eigenvalue weighted by Gasteiger charge is 2.42. The zero-order chi connectivity index (χ0) is 13.0. The van der Waals surface area contributed by atoms with Crippen LogP contribution in [0.5, 0.6) is 0 Å². The Labute approximate surface area is 108 Å². The Morgan fingerprint density at radius 2 is 1.94 bits per heavy atom. The summed E-state index contributed by atoms with van der Waals surface area (Å²) >= 11 is 0. The van der Waals surface area contributed by atoms with Crippen molar-refractivity contribution < 1.29 is 14.6 Å². The smallest absolute Gasteiger partial charge is 0.315 e. The number of ether oxygens (including phenoxy) is 1. The van der Waals surface area contributed by atoms with Gasteiger partial charge in [-0.1, -0.05) is 0 Å². The first kappa shape index (κ1) is 13.6. The van der Waals surface area contributed by atoms with Gasteiger partial charge in [0.25, 0.3) is 0 Å². The molecule has 104 valence electrons. The molecule has 2 aliphatic rings. The molecule has 2 aliphatic carbocycles. The van der Waals surface area contributed by atoms with Crippen molar-refractivity contribution in [1.29, 1.82) is 0 Å². The number of rotatable bonds is 8. The summed E-state index contributed by atoms with van der Waals surface area (Å²) in [6, 6.07) is 0.289. The van der Waals surface area contributed by atoms with Crippen molar-refractivity contribution in [2.45, 2.75) is 44.2 Å². The van der Waals surface area contributed by atoms with Crippen molar-refractivity contribution >= 4 is 6.03 Å². The van der Waals surface area contributed by atoms with Crippen LogP contribution in [-0.2, 0) is 4.74 Å². The molecule has 0 saturated heterocycles. The van der Waals surface area contributed by atoms with Crippen LogP contribution in [0.15, 0.2) is 0 Å². The highest BCUT2D eigenvalue weighted by molar-refractivity contribution is 5.74. The van der Waals surface area contributed by atoms with E-state index in [9.17, 15) is 9.90 Å². The molecule has 1 unspecified atom stereocenters. The first-order valence-corrected chi connectivity index (χ1v) is 6.92. The van der Waals surface area contributed by atoms with E-state index in [0.717, 1.165) is 0 Å². The zero-order valence-electron chi connectivity index (χ0n) is 11.0. The summed E-state index contributed by atoms with van der Waals surface area (Å²) in [6.45, 7) is 0.800. The van der Waals surface area contributed by atoms with E-state index in [2.05, 4.69) is 10.6 Å². The van der Waals surface area contributed by atoms with Crippen molar-refractivity contribution in [2.24, 2.45) is 11.8 Å². The summed E-state index contributed by atoms with van der Waals surface area (Å²) < 4.78 is 4.83. The van der Waals surface area contributed by atoms with Crippen LogP contribution >= 0.6 is 0 Å². The number of carbonyl (C=O) groups excluding carboxylic acids is 1. The second-order valence-electron chi connectivity index (χ2n) is 5.50. The maximum atomic E-state index is 11.7. The summed E-state index contributed by atoms with van der Waals surface area (Å²) in [4.78, 5) is 11.7. The van der Waals surface area contributed by atoms with Gasteiger partial charge in [-0.2, -0.15) is 0 Å². The number of aliphatic hydroxyl groups is 1. The van der Waals surface area contributed by atoms with E-state index >= 15 is 0 Å². The Bertz CT molecular complexity index is 265. The summed E-state index contributed by atoms with van der Waals surface area (Å²) in [7, 11) is 1.55. The number of aliphatic hydroxyl groups excluding tert-OH is 1. The number of carbonyl (C=O) groups is 1. The molecule has 0 aromatic carbocycles. The second-order valence-corrected chi connectivity index (χ2v) is 5.50. The lowest BCUT2D eigenvalue weighted by Crippen LogP contribution is -2.45. The van der Waals surface area contributed by atoms with Crippen LogP contribution in [0.1, 0.15) is 32.1 Å². The second kappa shape index (κ2) is 6.38. The minimum absolute atomic E-state index is 0.0941. The summed E-state index contributed by atoms with van der Waals surface area (Å²) in [6.07, 6.45) is 5.06. The topological polar surface area (TPSA) is 70.6 Å². The van der Waals surface area contributed by atoms with Crippen molar-refractivity contribution in [3.63, 3.8) is 0 Å². The van der Waals surface area contributed by atoms with Gasteiger partial charge in [-0.15, -0.1) is 0 Å². The molecule has 0 radical (unpaired) electrons. The molecular formula is C13H24N2O3. The molecule has 0 aromatic heterocycles. The fourth-order valence-electron chi connectivity index (χ4n) is 2.36. The average Bonchev–Trinajstić information content (AvgIpc) is 3.17. The van der Waals surface area contributed by atoms with Crippen molar-refractivity contribution in [2.75, 3.05) is 20.3 Å². The van der Waals surface area contributed by atoms with Crippen LogP contribution in [-0.4, -0.2) is 43.5 Å². The minimum atomic E-state index is -0.502. The number of nitrogens with one attached hydrogen (secondary N) is 2. The van der Waals surface area contributed by atoms with Crippen molar-refractivity contribution in [1.82, 2.24) is 10.6 Å². The van der Waals surface area contributed by atoms with E-state index < -0.39 is 6.10 Å². The highest BCUT2D eigenvalue weighted by Crippen LogP contribution is 2.44. The lowest BCUT2D eigenvalue weighted by atomic mass is 10.1. The molecular weight excluding hydrogens is 232 g/mol. The maximum absolute atomic E-state index is 11.7. The first-order valence-electron chi connectivity index (χ1n) is 6.92. The molecule has 1 atom stereocenters. The quantitative estimate of drug-likeness (QED) is 0.603. The van der Waals surface area contributed by atoms with Crippen LogP contribution in [0.4, 0.5) is 4.79 Å². The molecule has 3 N–H and O–H groups in total. The van der Waals surface area contributed by atoms with Gasteiger partial charge in [-0.05, 0) is 43.9 Å². The third-order valence-electron chi connectivity index (χ3n) is 3.68. The Morgan fingerprint density at radius 1 is 1.33 bits per heavy atom. The van der Waals surface area contributed by atoms with Crippen molar-refractivity contribution in [3.8, 4) is 0 Å². The summed E-state index contributed by atoms with van der Waals surface area (Å²) in [5.41, 5.74) is 0. The number of amides is 2. The third-order valence-corrected chi connectivity index (χ3v) is 3.68. The van der Waals surface area contributed by atoms with E-state index in [1.807, 2.05) is 0 Å². The van der Waals surface area contributed by atoms with Gasteiger partial charge in [0.1, 0.15) is 0 Å². The van der Waals surface area contributed by atoms with E-state index in [0.29, 0.717) is 37.5 Å². The fraction of sp³-hybridized carbons (Fsp3) is 0.923. The molecule has 0 heterocycles. The normalized spacial score (nSPS) is 20.8. The molecule has 2 fully saturated rings. The fourth-order valence-corrected chi connectivity index (χ4v) is 2.36. The van der Waals surface area contributed by atoms with E-state index in [1.54, 1.807) is 7.11 Å². The SMILES string of the molecule is COCC(O)CCNC(=O)NC(C1CC1)C1CC1. The van der Waals surface area contributed by atoms with Crippen LogP contribution in [0.2, 0.25) is 0 Å². The van der Waals surface area contributed by atoms with Gasteiger partial charge in [0.2, 0.25) is 0 Å². The number of hydrogen-bond acceptors (Lipinski definition) is 3. The van der Waals surface area contributed by atoms with Crippen LogP contribution in [0, 0.1) is 11.8 Å². The predicted octanol–water partition coefficient (Wildman–Crippen LogP) is 0.872. The molecule has 0 aliphatic heterocycles. The Kier molecular flexibility index (Phi) is 4.83. The third kappa shape index (κ3) is 4.46. The van der Waals surface area contributed by atoms with E-state index in [4.69, 9.17) is 4.74 Å². The summed E-state index contributed by atoms with van der Waals surface area (Å²) in [5.74, 6) is 1.42. The van der Waals surface area contributed by atoms with E-state index in [1.165, 1.54) is 25.7 Å². The van der Waals surface area contributed by atoms with Crippen molar-refractivity contribution in [3.05, 3.63) is 0 Å². The Morgan fingerprint density at radius 3 is 2.44 bits per heavy atom. The van der Waals surface area contributed by atoms with Crippen LogP contribution in [0.25, 0.3) is 0 Å². The monoisotopic (exact) mass is 256 g/mol. The molecule has 0 aromatic rings. The van der Waals surface area contributed by atoms with Gasteiger partial charge in [-0.25, -0.2) is 4.79 Å². The van der Waals surface area contributed by atoms with Gasteiger partial charge < -0.3 is 20.5 Å². The molecule has 5 nitrogen and oxygen atoms in total.